The highest BCUT2D eigenvalue weighted by Crippen LogP contribution is 2.40. The van der Waals surface area contributed by atoms with Crippen LogP contribution in [0.1, 0.15) is 24.5 Å². The zero-order chi connectivity index (χ0) is 13.2. The standard InChI is InChI=1S/C13H13N5O/c1-2-12(19)16-11-8-10(9-4-5-9)17-18(11)13-14-6-3-7-15-13/h2-3,6-9H,1,4-5H2,(H,16,19). The Morgan fingerprint density at radius 2 is 2.16 bits per heavy atom. The molecule has 0 aromatic carbocycles. The van der Waals surface area contributed by atoms with E-state index >= 15 is 0 Å². The first-order valence-electron chi connectivity index (χ1n) is 6.08. The van der Waals surface area contributed by atoms with Crippen molar-refractivity contribution in [1.82, 2.24) is 19.7 Å². The van der Waals surface area contributed by atoms with Crippen molar-refractivity contribution in [3.8, 4) is 5.95 Å². The van der Waals surface area contributed by atoms with Gasteiger partial charge in [-0.3, -0.25) is 4.79 Å². The molecular formula is C13H13N5O. The lowest BCUT2D eigenvalue weighted by atomic mass is 10.3. The van der Waals surface area contributed by atoms with Gasteiger partial charge in [-0.2, -0.15) is 9.78 Å². The molecule has 6 nitrogen and oxygen atoms in total. The Kier molecular flexibility index (Phi) is 2.83. The molecule has 2 aromatic rings. The molecule has 1 aliphatic carbocycles. The summed E-state index contributed by atoms with van der Waals surface area (Å²) in [5.74, 6) is 1.22. The molecule has 6 heteroatoms. The van der Waals surface area contributed by atoms with Crippen molar-refractivity contribution >= 4 is 11.7 Å². The molecule has 1 aliphatic rings. The lowest BCUT2D eigenvalue weighted by Gasteiger charge is -2.04. The summed E-state index contributed by atoms with van der Waals surface area (Å²) in [6.07, 6.45) is 6.78. The molecule has 1 amide bonds. The fourth-order valence-corrected chi connectivity index (χ4v) is 1.80. The third-order valence-corrected chi connectivity index (χ3v) is 2.90. The second-order valence-electron chi connectivity index (χ2n) is 4.38. The van der Waals surface area contributed by atoms with Gasteiger partial charge in [-0.15, -0.1) is 0 Å². The second-order valence-corrected chi connectivity index (χ2v) is 4.38. The first-order valence-corrected chi connectivity index (χ1v) is 6.08. The Balaban J connectivity index is 2.00. The van der Waals surface area contributed by atoms with Crippen LogP contribution in [-0.4, -0.2) is 25.7 Å². The average Bonchev–Trinajstić information content (AvgIpc) is 3.21. The van der Waals surface area contributed by atoms with Crippen molar-refractivity contribution in [2.24, 2.45) is 0 Å². The highest BCUT2D eigenvalue weighted by Gasteiger charge is 2.28. The Hall–Kier alpha value is -2.50. The van der Waals surface area contributed by atoms with Gasteiger partial charge in [-0.05, 0) is 25.0 Å². The van der Waals surface area contributed by atoms with Crippen molar-refractivity contribution in [2.75, 3.05) is 5.32 Å². The predicted molar refractivity (Wildman–Crippen MR) is 70.0 cm³/mol. The van der Waals surface area contributed by atoms with Gasteiger partial charge in [-0.25, -0.2) is 9.97 Å². The molecule has 1 saturated carbocycles. The Labute approximate surface area is 110 Å². The fourth-order valence-electron chi connectivity index (χ4n) is 1.80. The molecule has 2 heterocycles. The molecule has 0 radical (unpaired) electrons. The predicted octanol–water partition coefficient (Wildman–Crippen LogP) is 1.66. The monoisotopic (exact) mass is 255 g/mol. The number of hydrogen-bond acceptors (Lipinski definition) is 4. The number of nitrogens with zero attached hydrogens (tertiary/aromatic N) is 4. The van der Waals surface area contributed by atoms with E-state index in [1.165, 1.54) is 6.08 Å². The second kappa shape index (κ2) is 4.64. The van der Waals surface area contributed by atoms with Crippen LogP contribution >= 0.6 is 0 Å². The number of hydrogen-bond donors (Lipinski definition) is 1. The third kappa shape index (κ3) is 2.37. The van der Waals surface area contributed by atoms with E-state index in [1.54, 1.807) is 23.1 Å². The highest BCUT2D eigenvalue weighted by molar-refractivity contribution is 5.98. The first kappa shape index (κ1) is 11.6. The highest BCUT2D eigenvalue weighted by atomic mass is 16.1. The van der Waals surface area contributed by atoms with Crippen LogP contribution in [-0.2, 0) is 4.79 Å². The number of aromatic nitrogens is 4. The van der Waals surface area contributed by atoms with E-state index in [0.717, 1.165) is 18.5 Å². The number of amides is 1. The van der Waals surface area contributed by atoms with Crippen LogP contribution in [0.15, 0.2) is 37.2 Å². The molecule has 0 spiro atoms. The molecular weight excluding hydrogens is 242 g/mol. The third-order valence-electron chi connectivity index (χ3n) is 2.90. The van der Waals surface area contributed by atoms with Gasteiger partial charge in [0.2, 0.25) is 5.91 Å². The Bertz CT molecular complexity index is 615. The molecule has 1 N–H and O–H groups in total. The molecule has 0 bridgehead atoms. The molecule has 0 unspecified atom stereocenters. The number of anilines is 1. The molecule has 0 saturated heterocycles. The first-order chi connectivity index (χ1) is 9.28. The molecule has 96 valence electrons. The van der Waals surface area contributed by atoms with Gasteiger partial charge in [0.15, 0.2) is 0 Å². The van der Waals surface area contributed by atoms with E-state index in [2.05, 4.69) is 27.0 Å². The van der Waals surface area contributed by atoms with E-state index < -0.39 is 0 Å². The zero-order valence-corrected chi connectivity index (χ0v) is 10.3. The summed E-state index contributed by atoms with van der Waals surface area (Å²) in [7, 11) is 0. The van der Waals surface area contributed by atoms with Crippen LogP contribution in [0.3, 0.4) is 0 Å². The molecule has 1 fully saturated rings. The van der Waals surface area contributed by atoms with E-state index in [0.29, 0.717) is 17.7 Å². The van der Waals surface area contributed by atoms with Gasteiger partial charge in [-0.1, -0.05) is 6.58 Å². The van der Waals surface area contributed by atoms with Crippen LogP contribution in [0.2, 0.25) is 0 Å². The van der Waals surface area contributed by atoms with Crippen LogP contribution in [0.5, 0.6) is 0 Å². The minimum atomic E-state index is -0.278. The number of carbonyl (C=O) groups excluding carboxylic acids is 1. The van der Waals surface area contributed by atoms with Gasteiger partial charge < -0.3 is 5.32 Å². The van der Waals surface area contributed by atoms with Gasteiger partial charge in [0.05, 0.1) is 5.69 Å². The van der Waals surface area contributed by atoms with Crippen molar-refractivity contribution in [3.63, 3.8) is 0 Å². The SMILES string of the molecule is C=CC(=O)Nc1cc(C2CC2)nn1-c1ncccn1. The van der Waals surface area contributed by atoms with E-state index in [9.17, 15) is 4.79 Å². The summed E-state index contributed by atoms with van der Waals surface area (Å²) < 4.78 is 1.55. The average molecular weight is 255 g/mol. The Morgan fingerprint density at radius 1 is 1.42 bits per heavy atom. The minimum absolute atomic E-state index is 0.278. The quantitative estimate of drug-likeness (QED) is 0.843. The molecule has 2 aromatic heterocycles. The number of carbonyl (C=O) groups is 1. The van der Waals surface area contributed by atoms with Gasteiger partial charge in [0.25, 0.3) is 5.95 Å². The molecule has 19 heavy (non-hydrogen) atoms. The maximum atomic E-state index is 11.4. The molecule has 0 aliphatic heterocycles. The largest absolute Gasteiger partial charge is 0.307 e. The van der Waals surface area contributed by atoms with Crippen molar-refractivity contribution in [1.29, 1.82) is 0 Å². The number of nitrogens with one attached hydrogen (secondary N) is 1. The van der Waals surface area contributed by atoms with Crippen molar-refractivity contribution in [3.05, 3.63) is 42.9 Å². The summed E-state index contributed by atoms with van der Waals surface area (Å²) in [4.78, 5) is 19.7. The van der Waals surface area contributed by atoms with Crippen LogP contribution in [0.25, 0.3) is 5.95 Å². The van der Waals surface area contributed by atoms with Crippen LogP contribution in [0.4, 0.5) is 5.82 Å². The summed E-state index contributed by atoms with van der Waals surface area (Å²) in [6, 6.07) is 3.60. The summed E-state index contributed by atoms with van der Waals surface area (Å²) in [6.45, 7) is 3.44. The van der Waals surface area contributed by atoms with Crippen LogP contribution < -0.4 is 5.32 Å². The van der Waals surface area contributed by atoms with Crippen molar-refractivity contribution in [2.45, 2.75) is 18.8 Å². The van der Waals surface area contributed by atoms with E-state index in [4.69, 9.17) is 0 Å². The molecule has 3 rings (SSSR count). The summed E-state index contributed by atoms with van der Waals surface area (Å²) in [5.41, 5.74) is 0.965. The fraction of sp³-hybridized carbons (Fsp3) is 0.231. The van der Waals surface area contributed by atoms with Gasteiger partial charge in [0, 0.05) is 24.4 Å². The van der Waals surface area contributed by atoms with Crippen molar-refractivity contribution < 1.29 is 4.79 Å². The van der Waals surface area contributed by atoms with Gasteiger partial charge in [0.1, 0.15) is 5.82 Å². The summed E-state index contributed by atoms with van der Waals surface area (Å²) in [5, 5.41) is 7.20. The molecule has 0 atom stereocenters. The smallest absolute Gasteiger partial charge is 0.252 e. The lowest BCUT2D eigenvalue weighted by molar-refractivity contribution is -0.111. The van der Waals surface area contributed by atoms with Crippen LogP contribution in [0, 0.1) is 0 Å². The Morgan fingerprint density at radius 3 is 2.79 bits per heavy atom. The minimum Gasteiger partial charge on any atom is -0.307 e. The zero-order valence-electron chi connectivity index (χ0n) is 10.3. The maximum absolute atomic E-state index is 11.4. The lowest BCUT2D eigenvalue weighted by Crippen LogP contribution is -2.13. The van der Waals surface area contributed by atoms with E-state index in [-0.39, 0.29) is 5.91 Å². The number of rotatable bonds is 4. The normalized spacial score (nSPS) is 14.1. The topological polar surface area (TPSA) is 72.7 Å². The maximum Gasteiger partial charge on any atom is 0.252 e. The summed E-state index contributed by atoms with van der Waals surface area (Å²) >= 11 is 0. The van der Waals surface area contributed by atoms with E-state index in [1.807, 2.05) is 6.07 Å². The van der Waals surface area contributed by atoms with Gasteiger partial charge >= 0.3 is 0 Å².